The van der Waals surface area contributed by atoms with E-state index in [0.29, 0.717) is 0 Å². The largest absolute Gasteiger partial charge is 0.450 e. The third-order valence-corrected chi connectivity index (χ3v) is 3.10. The van der Waals surface area contributed by atoms with E-state index in [2.05, 4.69) is 0 Å². The monoisotopic (exact) mass is 302 g/mol. The number of Topliss-reactive ketones (excluding diaryl/α,β-unsaturated/α-hetero) is 2. The number of carbonyl (C=O) groups excluding carboxylic acids is 2. The van der Waals surface area contributed by atoms with Gasteiger partial charge in [-0.2, -0.15) is 13.2 Å². The fraction of sp³-hybridized carbons (Fsp3) is 0.400. The molecule has 1 rings (SSSR count). The first kappa shape index (κ1) is 15.2. The van der Waals surface area contributed by atoms with Crippen LogP contribution >= 0.6 is 23.2 Å². The van der Waals surface area contributed by atoms with Crippen molar-refractivity contribution in [3.05, 3.63) is 22.2 Å². The van der Waals surface area contributed by atoms with Crippen molar-refractivity contribution in [2.75, 3.05) is 0 Å². The Kier molecular flexibility index (Phi) is 4.25. The zero-order valence-electron chi connectivity index (χ0n) is 8.72. The lowest BCUT2D eigenvalue weighted by atomic mass is 9.88. The maximum absolute atomic E-state index is 12.0. The van der Waals surface area contributed by atoms with Gasteiger partial charge in [-0.15, -0.1) is 0 Å². The average molecular weight is 303 g/mol. The minimum atomic E-state index is -5.11. The quantitative estimate of drug-likeness (QED) is 0.815. The predicted octanol–water partition coefficient (Wildman–Crippen LogP) is 2.46. The van der Waals surface area contributed by atoms with Gasteiger partial charge in [0.25, 0.3) is 0 Å². The molecule has 1 aliphatic carbocycles. The lowest BCUT2D eigenvalue weighted by Gasteiger charge is -2.25. The molecule has 0 fully saturated rings. The van der Waals surface area contributed by atoms with Gasteiger partial charge in [0, 0.05) is 11.5 Å². The number of halogens is 5. The van der Waals surface area contributed by atoms with Crippen LogP contribution in [-0.2, 0) is 9.59 Å². The van der Waals surface area contributed by atoms with Gasteiger partial charge in [-0.1, -0.05) is 23.2 Å². The van der Waals surface area contributed by atoms with Gasteiger partial charge in [0.15, 0.2) is 5.78 Å². The van der Waals surface area contributed by atoms with E-state index in [1.807, 2.05) is 0 Å². The Morgan fingerprint density at radius 2 is 1.94 bits per heavy atom. The summed E-state index contributed by atoms with van der Waals surface area (Å²) in [4.78, 5) is 22.1. The summed E-state index contributed by atoms with van der Waals surface area (Å²) in [5, 5.41) is 9.83. The molecule has 3 nitrogen and oxygen atoms in total. The Balaban J connectivity index is 2.81. The molecule has 18 heavy (non-hydrogen) atoms. The first-order valence-electron chi connectivity index (χ1n) is 4.65. The molecule has 1 aliphatic rings. The molecule has 0 saturated carbocycles. The number of hydrogen-bond acceptors (Lipinski definition) is 3. The highest BCUT2D eigenvalue weighted by Crippen LogP contribution is 2.33. The van der Waals surface area contributed by atoms with Crippen LogP contribution in [-0.4, -0.2) is 28.5 Å². The van der Waals surface area contributed by atoms with E-state index in [9.17, 15) is 27.9 Å². The minimum Gasteiger partial charge on any atom is -0.378 e. The average Bonchev–Trinajstić information content (AvgIpc) is 2.22. The number of aliphatic hydroxyl groups is 1. The smallest absolute Gasteiger partial charge is 0.378 e. The van der Waals surface area contributed by atoms with Crippen molar-refractivity contribution in [1.29, 1.82) is 0 Å². The van der Waals surface area contributed by atoms with Gasteiger partial charge in [-0.05, 0) is 12.2 Å². The molecule has 1 atom stereocenters. The van der Waals surface area contributed by atoms with Crippen LogP contribution in [0.4, 0.5) is 13.2 Å². The second-order valence-electron chi connectivity index (χ2n) is 3.71. The van der Waals surface area contributed by atoms with Crippen molar-refractivity contribution in [1.82, 2.24) is 0 Å². The van der Waals surface area contributed by atoms with Gasteiger partial charge >= 0.3 is 6.18 Å². The summed E-state index contributed by atoms with van der Waals surface area (Å²) >= 11 is 11.2. The van der Waals surface area contributed by atoms with Crippen LogP contribution in [0.1, 0.15) is 12.8 Å². The topological polar surface area (TPSA) is 54.4 Å². The molecule has 0 aromatic rings. The van der Waals surface area contributed by atoms with Crippen molar-refractivity contribution in [2.24, 2.45) is 0 Å². The van der Waals surface area contributed by atoms with Crippen LogP contribution in [0, 0.1) is 0 Å². The first-order valence-corrected chi connectivity index (χ1v) is 5.41. The van der Waals surface area contributed by atoms with Gasteiger partial charge in [-0.3, -0.25) is 9.59 Å². The summed E-state index contributed by atoms with van der Waals surface area (Å²) in [5.74, 6) is -3.49. The van der Waals surface area contributed by atoms with Gasteiger partial charge in [0.05, 0.1) is 11.5 Å². The maximum Gasteiger partial charge on any atom is 0.450 e. The molecular weight excluding hydrogens is 296 g/mol. The molecule has 0 bridgehead atoms. The summed E-state index contributed by atoms with van der Waals surface area (Å²) < 4.78 is 35.9. The van der Waals surface area contributed by atoms with E-state index in [1.165, 1.54) is 0 Å². The number of alkyl halides is 3. The lowest BCUT2D eigenvalue weighted by Crippen LogP contribution is -2.41. The van der Waals surface area contributed by atoms with Crippen LogP contribution in [0.5, 0.6) is 0 Å². The molecule has 0 radical (unpaired) electrons. The van der Waals surface area contributed by atoms with Crippen LogP contribution in [0.25, 0.3) is 0 Å². The van der Waals surface area contributed by atoms with Gasteiger partial charge in [0.2, 0.25) is 5.78 Å². The van der Waals surface area contributed by atoms with E-state index in [0.717, 1.165) is 12.2 Å². The van der Waals surface area contributed by atoms with E-state index >= 15 is 0 Å². The van der Waals surface area contributed by atoms with Crippen LogP contribution in [0.15, 0.2) is 22.2 Å². The Labute approximate surface area is 110 Å². The van der Waals surface area contributed by atoms with Crippen LogP contribution in [0.3, 0.4) is 0 Å². The van der Waals surface area contributed by atoms with Crippen LogP contribution in [0.2, 0.25) is 0 Å². The molecule has 0 spiro atoms. The second kappa shape index (κ2) is 5.03. The lowest BCUT2D eigenvalue weighted by molar-refractivity contribution is -0.173. The Morgan fingerprint density at radius 1 is 1.39 bits per heavy atom. The number of allylic oxidation sites excluding steroid dienone is 2. The third kappa shape index (κ3) is 3.34. The molecule has 0 amide bonds. The summed E-state index contributed by atoms with van der Waals surface area (Å²) in [6.07, 6.45) is -4.97. The minimum absolute atomic E-state index is 0.0607. The van der Waals surface area contributed by atoms with Crippen molar-refractivity contribution in [3.63, 3.8) is 0 Å². The van der Waals surface area contributed by atoms with Gasteiger partial charge < -0.3 is 5.11 Å². The zero-order chi connectivity index (χ0) is 14.1. The molecule has 1 N–H and O–H groups in total. The Bertz CT molecular complexity index is 454. The molecular formula is C10H7Cl2F3O3. The Hall–Kier alpha value is -0.850. The zero-order valence-corrected chi connectivity index (χ0v) is 10.2. The molecule has 0 saturated heterocycles. The number of ketones is 2. The predicted molar refractivity (Wildman–Crippen MR) is 58.1 cm³/mol. The van der Waals surface area contributed by atoms with Crippen LogP contribution < -0.4 is 0 Å². The highest BCUT2D eigenvalue weighted by atomic mass is 35.5. The van der Waals surface area contributed by atoms with Gasteiger partial charge in [-0.25, -0.2) is 0 Å². The Morgan fingerprint density at radius 3 is 2.39 bits per heavy atom. The number of hydrogen-bond donors (Lipinski definition) is 1. The fourth-order valence-corrected chi connectivity index (χ4v) is 1.67. The molecule has 0 aromatic heterocycles. The molecule has 0 heterocycles. The summed E-state index contributed by atoms with van der Waals surface area (Å²) in [6, 6.07) is 0. The maximum atomic E-state index is 12.0. The van der Waals surface area contributed by atoms with Crippen molar-refractivity contribution < 1.29 is 27.9 Å². The van der Waals surface area contributed by atoms with E-state index in [4.69, 9.17) is 23.2 Å². The molecule has 8 heteroatoms. The van der Waals surface area contributed by atoms with E-state index in [1.54, 1.807) is 0 Å². The second-order valence-corrected chi connectivity index (χ2v) is 4.57. The van der Waals surface area contributed by atoms with Crippen molar-refractivity contribution in [3.8, 4) is 0 Å². The number of carbonyl (C=O) groups is 2. The summed E-state index contributed by atoms with van der Waals surface area (Å²) in [7, 11) is 0. The fourth-order valence-electron chi connectivity index (χ4n) is 1.27. The first-order chi connectivity index (χ1) is 8.06. The highest BCUT2D eigenvalue weighted by molar-refractivity contribution is 6.40. The normalized spacial score (nSPS) is 24.3. The van der Waals surface area contributed by atoms with Crippen molar-refractivity contribution >= 4 is 34.8 Å². The van der Waals surface area contributed by atoms with Gasteiger partial charge in [0.1, 0.15) is 5.60 Å². The third-order valence-electron chi connectivity index (χ3n) is 2.31. The highest BCUT2D eigenvalue weighted by Gasteiger charge is 2.44. The molecule has 0 aliphatic heterocycles. The van der Waals surface area contributed by atoms with E-state index < -0.39 is 36.2 Å². The SMILES string of the molecule is O=C(CC(=O)C1(O)C=CC(Cl)=C(Cl)C1)C(F)(F)F. The number of rotatable bonds is 3. The summed E-state index contributed by atoms with van der Waals surface area (Å²) in [5.41, 5.74) is -2.23. The molecule has 0 aromatic carbocycles. The molecule has 100 valence electrons. The standard InChI is InChI=1S/C10H7Cl2F3O3/c11-5-1-2-9(18,4-6(5)12)7(16)3-8(17)10(13,14)15/h1-2,18H,3-4H2. The van der Waals surface area contributed by atoms with E-state index in [-0.39, 0.29) is 10.1 Å². The molecule has 1 unspecified atom stereocenters. The van der Waals surface area contributed by atoms with Crippen molar-refractivity contribution in [2.45, 2.75) is 24.6 Å². The summed E-state index contributed by atoms with van der Waals surface area (Å²) in [6.45, 7) is 0.